The summed E-state index contributed by atoms with van der Waals surface area (Å²) in [6.45, 7) is 1.90. The third-order valence-electron chi connectivity index (χ3n) is 4.66. The quantitative estimate of drug-likeness (QED) is 0.747. The first-order valence-corrected chi connectivity index (χ1v) is 11.1. The summed E-state index contributed by atoms with van der Waals surface area (Å²) >= 11 is 11.8. The van der Waals surface area contributed by atoms with Gasteiger partial charge in [-0.15, -0.1) is 0 Å². The molecular weight excluding hydrogens is 409 g/mol. The predicted octanol–water partition coefficient (Wildman–Crippen LogP) is 4.67. The van der Waals surface area contributed by atoms with Crippen molar-refractivity contribution < 1.29 is 18.3 Å². The fourth-order valence-corrected chi connectivity index (χ4v) is 5.40. The fourth-order valence-electron chi connectivity index (χ4n) is 3.29. The van der Waals surface area contributed by atoms with Crippen LogP contribution in [-0.2, 0) is 15.6 Å². The lowest BCUT2D eigenvalue weighted by molar-refractivity contribution is 0.411. The Morgan fingerprint density at radius 3 is 2.48 bits per heavy atom. The standard InChI is InChI=1S/C19H21Cl2NO4S/c1-26-17-6-5-15(22-7-3-2-4-8-22)9-13(17)12-27(24,25)18-11-14(20)10-16(21)19(18)23/h5-6,9-11,23H,2-4,7-8,12H2,1H3. The van der Waals surface area contributed by atoms with Crippen molar-refractivity contribution in [2.75, 3.05) is 25.1 Å². The lowest BCUT2D eigenvalue weighted by Gasteiger charge is -2.29. The maximum Gasteiger partial charge on any atom is 0.186 e. The summed E-state index contributed by atoms with van der Waals surface area (Å²) < 4.78 is 31.2. The van der Waals surface area contributed by atoms with Gasteiger partial charge in [0, 0.05) is 29.4 Å². The number of rotatable bonds is 5. The first-order chi connectivity index (χ1) is 12.8. The van der Waals surface area contributed by atoms with Gasteiger partial charge in [0.05, 0.1) is 17.9 Å². The number of ether oxygens (including phenoxy) is 1. The van der Waals surface area contributed by atoms with Gasteiger partial charge in [-0.25, -0.2) is 8.42 Å². The van der Waals surface area contributed by atoms with Crippen LogP contribution in [-0.4, -0.2) is 33.7 Å². The summed E-state index contributed by atoms with van der Waals surface area (Å²) in [7, 11) is -2.39. The molecule has 0 bridgehead atoms. The predicted molar refractivity (Wildman–Crippen MR) is 108 cm³/mol. The summed E-state index contributed by atoms with van der Waals surface area (Å²) in [5.74, 6) is -0.346. The average molecular weight is 430 g/mol. The van der Waals surface area contributed by atoms with E-state index in [0.717, 1.165) is 31.6 Å². The lowest BCUT2D eigenvalue weighted by atomic mass is 10.1. The number of phenolic OH excluding ortho intramolecular Hbond substituents is 1. The highest BCUT2D eigenvalue weighted by Gasteiger charge is 2.24. The van der Waals surface area contributed by atoms with Crippen molar-refractivity contribution in [3.63, 3.8) is 0 Å². The molecule has 146 valence electrons. The second-order valence-corrected chi connectivity index (χ2v) is 9.34. The lowest BCUT2D eigenvalue weighted by Crippen LogP contribution is -2.29. The third kappa shape index (κ3) is 4.45. The van der Waals surface area contributed by atoms with Gasteiger partial charge in [0.1, 0.15) is 10.6 Å². The van der Waals surface area contributed by atoms with E-state index in [9.17, 15) is 13.5 Å². The number of methoxy groups -OCH3 is 1. The Hall–Kier alpha value is -1.63. The molecular formula is C19H21Cl2NO4S. The number of halogens is 2. The Kier molecular flexibility index (Phi) is 6.08. The number of hydrogen-bond donors (Lipinski definition) is 1. The molecule has 1 heterocycles. The minimum atomic E-state index is -3.89. The van der Waals surface area contributed by atoms with Crippen LogP contribution in [0.1, 0.15) is 24.8 Å². The largest absolute Gasteiger partial charge is 0.505 e. The van der Waals surface area contributed by atoms with Crippen molar-refractivity contribution in [2.24, 2.45) is 0 Å². The Morgan fingerprint density at radius 2 is 1.81 bits per heavy atom. The maximum atomic E-state index is 12.9. The maximum absolute atomic E-state index is 12.9. The fraction of sp³-hybridized carbons (Fsp3) is 0.368. The average Bonchev–Trinajstić information content (AvgIpc) is 2.65. The minimum absolute atomic E-state index is 0.102. The van der Waals surface area contributed by atoms with Gasteiger partial charge in [-0.3, -0.25) is 0 Å². The topological polar surface area (TPSA) is 66.8 Å². The number of phenols is 1. The smallest absolute Gasteiger partial charge is 0.186 e. The van der Waals surface area contributed by atoms with Crippen molar-refractivity contribution in [3.8, 4) is 11.5 Å². The molecule has 1 N–H and O–H groups in total. The number of anilines is 1. The SMILES string of the molecule is COc1ccc(N2CCCCC2)cc1CS(=O)(=O)c1cc(Cl)cc(Cl)c1O. The number of sulfone groups is 1. The molecule has 1 aliphatic rings. The number of benzene rings is 2. The number of piperidine rings is 1. The van der Waals surface area contributed by atoms with Gasteiger partial charge in [-0.2, -0.15) is 0 Å². The molecule has 1 fully saturated rings. The monoisotopic (exact) mass is 429 g/mol. The molecule has 8 heteroatoms. The van der Waals surface area contributed by atoms with Gasteiger partial charge in [-0.1, -0.05) is 23.2 Å². The molecule has 0 saturated carbocycles. The number of aromatic hydroxyl groups is 1. The molecule has 3 rings (SSSR count). The molecule has 0 spiro atoms. The van der Waals surface area contributed by atoms with Crippen LogP contribution in [0.2, 0.25) is 10.0 Å². The van der Waals surface area contributed by atoms with Crippen LogP contribution < -0.4 is 9.64 Å². The normalized spacial score (nSPS) is 15.0. The zero-order valence-corrected chi connectivity index (χ0v) is 17.2. The first-order valence-electron chi connectivity index (χ1n) is 8.64. The van der Waals surface area contributed by atoms with Crippen LogP contribution >= 0.6 is 23.2 Å². The van der Waals surface area contributed by atoms with Crippen molar-refractivity contribution in [1.82, 2.24) is 0 Å². The van der Waals surface area contributed by atoms with Crippen molar-refractivity contribution in [2.45, 2.75) is 29.9 Å². The Labute approximate surface area is 169 Å². The molecule has 0 aromatic heterocycles. The second-order valence-electron chi connectivity index (χ2n) is 6.54. The van der Waals surface area contributed by atoms with Crippen LogP contribution in [0.4, 0.5) is 5.69 Å². The highest BCUT2D eigenvalue weighted by atomic mass is 35.5. The van der Waals surface area contributed by atoms with E-state index in [-0.39, 0.29) is 20.7 Å². The van der Waals surface area contributed by atoms with Crippen molar-refractivity contribution in [3.05, 3.63) is 45.9 Å². The van der Waals surface area contributed by atoms with Gasteiger partial charge < -0.3 is 14.7 Å². The van der Waals surface area contributed by atoms with Gasteiger partial charge in [0.2, 0.25) is 0 Å². The van der Waals surface area contributed by atoms with Gasteiger partial charge in [0.15, 0.2) is 15.6 Å². The van der Waals surface area contributed by atoms with Crippen molar-refractivity contribution in [1.29, 1.82) is 0 Å². The van der Waals surface area contributed by atoms with Gasteiger partial charge in [-0.05, 0) is 49.6 Å². The van der Waals surface area contributed by atoms with E-state index >= 15 is 0 Å². The van der Waals surface area contributed by atoms with E-state index < -0.39 is 15.6 Å². The summed E-state index contributed by atoms with van der Waals surface area (Å²) in [4.78, 5) is 1.96. The first kappa shape index (κ1) is 20.1. The molecule has 0 unspecified atom stereocenters. The molecule has 1 aliphatic heterocycles. The molecule has 2 aromatic rings. The van der Waals surface area contributed by atoms with Crippen LogP contribution in [0.5, 0.6) is 11.5 Å². The van der Waals surface area contributed by atoms with Gasteiger partial charge in [0.25, 0.3) is 0 Å². The van der Waals surface area contributed by atoms with E-state index in [2.05, 4.69) is 4.90 Å². The van der Waals surface area contributed by atoms with Crippen LogP contribution in [0.3, 0.4) is 0 Å². The Morgan fingerprint density at radius 1 is 1.11 bits per heavy atom. The molecule has 1 saturated heterocycles. The van der Waals surface area contributed by atoms with Crippen LogP contribution in [0.25, 0.3) is 0 Å². The zero-order chi connectivity index (χ0) is 19.6. The van der Waals surface area contributed by atoms with Crippen LogP contribution in [0.15, 0.2) is 35.2 Å². The Balaban J connectivity index is 1.98. The summed E-state index contributed by atoms with van der Waals surface area (Å²) in [5, 5.41) is 10.2. The Bertz CT molecular complexity index is 941. The van der Waals surface area contributed by atoms with E-state index in [1.54, 1.807) is 6.07 Å². The second kappa shape index (κ2) is 8.17. The summed E-state index contributed by atoms with van der Waals surface area (Å²) in [5.41, 5.74) is 1.49. The zero-order valence-electron chi connectivity index (χ0n) is 14.9. The van der Waals surface area contributed by atoms with Gasteiger partial charge >= 0.3 is 0 Å². The third-order valence-corrected chi connectivity index (χ3v) is 6.84. The van der Waals surface area contributed by atoms with Crippen LogP contribution in [0, 0.1) is 0 Å². The molecule has 2 aromatic carbocycles. The van der Waals surface area contributed by atoms with E-state index in [0.29, 0.717) is 11.3 Å². The number of hydrogen-bond acceptors (Lipinski definition) is 5. The molecule has 27 heavy (non-hydrogen) atoms. The summed E-state index contributed by atoms with van der Waals surface area (Å²) in [6.07, 6.45) is 3.45. The molecule has 0 atom stereocenters. The molecule has 0 aliphatic carbocycles. The van der Waals surface area contributed by atoms with E-state index in [1.807, 2.05) is 12.1 Å². The molecule has 0 radical (unpaired) electrons. The van der Waals surface area contributed by atoms with E-state index in [1.165, 1.54) is 25.7 Å². The molecule has 0 amide bonds. The minimum Gasteiger partial charge on any atom is -0.505 e. The van der Waals surface area contributed by atoms with Crippen molar-refractivity contribution >= 4 is 38.7 Å². The summed E-state index contributed by atoms with van der Waals surface area (Å²) in [6, 6.07) is 8.06. The van der Waals surface area contributed by atoms with E-state index in [4.69, 9.17) is 27.9 Å². The highest BCUT2D eigenvalue weighted by Crippen LogP contribution is 2.37. The highest BCUT2D eigenvalue weighted by molar-refractivity contribution is 7.90. The molecule has 5 nitrogen and oxygen atoms in total. The number of nitrogens with zero attached hydrogens (tertiary/aromatic N) is 1.